The highest BCUT2D eigenvalue weighted by molar-refractivity contribution is 7.15. The third kappa shape index (κ3) is 5.99. The number of carbonyl (C=O) groups excluding carboxylic acids is 1. The number of benzene rings is 2. The zero-order valence-corrected chi connectivity index (χ0v) is 27.8. The van der Waals surface area contributed by atoms with Crippen molar-refractivity contribution in [2.24, 2.45) is 0 Å². The fraction of sp³-hybridized carbons (Fsp3) is 0.484. The first-order valence-electron chi connectivity index (χ1n) is 14.6. The van der Waals surface area contributed by atoms with Crippen LogP contribution in [-0.4, -0.2) is 49.6 Å². The van der Waals surface area contributed by atoms with Gasteiger partial charge in [-0.2, -0.15) is 0 Å². The second-order valence-corrected chi connectivity index (χ2v) is 19.5. The van der Waals surface area contributed by atoms with Gasteiger partial charge >= 0.3 is 6.29 Å². The standard InChI is InChI=1S/C31H35ClF3N3O4SSi/c1-29(2,3)44(4,5)42-20-10-13-38(17-20)26(21-8-7-19(32)15-22(21)33)25-16-36-28(43-25)37-27(39)30(11-12-30)18-6-9-23-24(14-18)41-31(34,35)40-23/h6-9,14-16,20,26H,10-13,17H2,1-5H3,(H,36,37,39)/t20-,26+/m1/s1. The molecule has 0 bridgehead atoms. The summed E-state index contributed by atoms with van der Waals surface area (Å²) in [5.74, 6) is -0.876. The molecule has 6 rings (SSSR count). The third-order valence-electron chi connectivity index (χ3n) is 9.22. The Bertz CT molecular complexity index is 1590. The lowest BCUT2D eigenvalue weighted by molar-refractivity contribution is -0.286. The molecule has 1 amide bonds. The van der Waals surface area contributed by atoms with Crippen LogP contribution >= 0.6 is 22.9 Å². The van der Waals surface area contributed by atoms with Crippen molar-refractivity contribution in [1.29, 1.82) is 0 Å². The molecule has 0 unspecified atom stereocenters. The predicted octanol–water partition coefficient (Wildman–Crippen LogP) is 8.11. The summed E-state index contributed by atoms with van der Waals surface area (Å²) in [5.41, 5.74) is 0.157. The Kier molecular flexibility index (Phi) is 7.84. The molecule has 3 aliphatic rings. The number of hydrogen-bond acceptors (Lipinski definition) is 7. The highest BCUT2D eigenvalue weighted by Crippen LogP contribution is 2.52. The van der Waals surface area contributed by atoms with E-state index in [0.29, 0.717) is 47.2 Å². The number of likely N-dealkylation sites (tertiary alicyclic amines) is 1. The van der Waals surface area contributed by atoms with E-state index in [1.807, 2.05) is 0 Å². The minimum atomic E-state index is -3.73. The van der Waals surface area contributed by atoms with Crippen molar-refractivity contribution in [1.82, 2.24) is 9.88 Å². The van der Waals surface area contributed by atoms with Crippen molar-refractivity contribution >= 4 is 42.3 Å². The maximum absolute atomic E-state index is 15.4. The monoisotopic (exact) mass is 665 g/mol. The molecule has 13 heteroatoms. The molecule has 2 aliphatic heterocycles. The summed E-state index contributed by atoms with van der Waals surface area (Å²) in [6.07, 6.45) is -0.112. The van der Waals surface area contributed by atoms with Crippen LogP contribution in [0.4, 0.5) is 18.3 Å². The van der Waals surface area contributed by atoms with Crippen molar-refractivity contribution < 1.29 is 31.9 Å². The summed E-state index contributed by atoms with van der Waals surface area (Å²) in [4.78, 5) is 21.0. The molecule has 7 nitrogen and oxygen atoms in total. The number of halogens is 4. The molecule has 236 valence electrons. The average Bonchev–Trinajstić information content (AvgIpc) is 3.22. The number of thiazole rings is 1. The number of fused-ring (bicyclic) bond motifs is 1. The van der Waals surface area contributed by atoms with E-state index in [9.17, 15) is 13.6 Å². The summed E-state index contributed by atoms with van der Waals surface area (Å²) in [7, 11) is -2.01. The van der Waals surface area contributed by atoms with Gasteiger partial charge in [0.15, 0.2) is 24.9 Å². The molecule has 0 spiro atoms. The van der Waals surface area contributed by atoms with Crippen LogP contribution in [0, 0.1) is 5.82 Å². The normalized spacial score (nSPS) is 21.3. The van der Waals surface area contributed by atoms with Crippen LogP contribution in [0.5, 0.6) is 11.5 Å². The Balaban J connectivity index is 1.22. The van der Waals surface area contributed by atoms with Gasteiger partial charge in [-0.1, -0.05) is 55.8 Å². The molecule has 1 saturated carbocycles. The summed E-state index contributed by atoms with van der Waals surface area (Å²) in [6.45, 7) is 12.4. The van der Waals surface area contributed by atoms with E-state index in [4.69, 9.17) is 16.0 Å². The lowest BCUT2D eigenvalue weighted by Gasteiger charge is -2.38. The number of hydrogen-bond donors (Lipinski definition) is 1. The Morgan fingerprint density at radius 1 is 1.18 bits per heavy atom. The van der Waals surface area contributed by atoms with Gasteiger partial charge < -0.3 is 19.2 Å². The summed E-state index contributed by atoms with van der Waals surface area (Å²) in [6, 6.07) is 8.67. The SMILES string of the molecule is CC(C)(C)[Si](C)(C)O[C@@H]1CCN([C@H](c2cnc(NC(=O)C3(c4ccc5c(c4)OC(F)(F)O5)CC3)s2)c2ccc(Cl)cc2F)C1. The first-order valence-corrected chi connectivity index (χ1v) is 18.7. The summed E-state index contributed by atoms with van der Waals surface area (Å²) in [5, 5.41) is 3.67. The molecule has 1 aliphatic carbocycles. The number of ether oxygens (including phenoxy) is 2. The van der Waals surface area contributed by atoms with Gasteiger partial charge in [0, 0.05) is 34.7 Å². The van der Waals surface area contributed by atoms with Crippen LogP contribution in [0.2, 0.25) is 23.2 Å². The van der Waals surface area contributed by atoms with Crippen LogP contribution in [0.25, 0.3) is 0 Å². The Hall–Kier alpha value is -2.64. The minimum Gasteiger partial charge on any atom is -0.413 e. The Labute approximate surface area is 264 Å². The highest BCUT2D eigenvalue weighted by Gasteiger charge is 2.53. The van der Waals surface area contributed by atoms with Crippen LogP contribution in [0.3, 0.4) is 0 Å². The molecule has 2 atom stereocenters. The molecule has 44 heavy (non-hydrogen) atoms. The molecule has 1 aromatic heterocycles. The number of nitrogens with one attached hydrogen (secondary N) is 1. The number of aromatic nitrogens is 1. The number of amides is 1. The van der Waals surface area contributed by atoms with E-state index in [1.54, 1.807) is 24.4 Å². The molecule has 0 radical (unpaired) electrons. The highest BCUT2D eigenvalue weighted by atomic mass is 35.5. The largest absolute Gasteiger partial charge is 0.586 e. The van der Waals surface area contributed by atoms with Gasteiger partial charge in [-0.25, -0.2) is 9.37 Å². The summed E-state index contributed by atoms with van der Waals surface area (Å²) < 4.78 is 58.3. The molecule has 1 N–H and O–H groups in total. The Morgan fingerprint density at radius 2 is 1.91 bits per heavy atom. The van der Waals surface area contributed by atoms with E-state index in [-0.39, 0.29) is 28.5 Å². The van der Waals surface area contributed by atoms with Crippen molar-refractivity contribution in [3.8, 4) is 11.5 Å². The first-order chi connectivity index (χ1) is 20.6. The van der Waals surface area contributed by atoms with Crippen molar-refractivity contribution in [2.75, 3.05) is 18.4 Å². The average molecular weight is 666 g/mol. The Morgan fingerprint density at radius 3 is 2.59 bits per heavy atom. The number of nitrogens with zero attached hydrogens (tertiary/aromatic N) is 2. The minimum absolute atomic E-state index is 0.0252. The number of alkyl halides is 2. The molecule has 2 fully saturated rings. The summed E-state index contributed by atoms with van der Waals surface area (Å²) >= 11 is 7.37. The van der Waals surface area contributed by atoms with Gasteiger partial charge in [0.05, 0.1) is 17.6 Å². The van der Waals surface area contributed by atoms with Crippen LogP contribution in [0.15, 0.2) is 42.6 Å². The second kappa shape index (κ2) is 11.0. The molecule has 2 aromatic carbocycles. The van der Waals surface area contributed by atoms with Crippen molar-refractivity contribution in [2.45, 2.75) is 82.0 Å². The van der Waals surface area contributed by atoms with E-state index < -0.39 is 31.9 Å². The predicted molar refractivity (Wildman–Crippen MR) is 166 cm³/mol. The van der Waals surface area contributed by atoms with E-state index in [0.717, 1.165) is 11.3 Å². The smallest absolute Gasteiger partial charge is 0.413 e. The molecule has 3 aromatic rings. The lowest BCUT2D eigenvalue weighted by Crippen LogP contribution is -2.44. The fourth-order valence-corrected chi connectivity index (χ4v) is 8.14. The van der Waals surface area contributed by atoms with E-state index >= 15 is 4.39 Å². The maximum Gasteiger partial charge on any atom is 0.586 e. The van der Waals surface area contributed by atoms with Crippen LogP contribution in [0.1, 0.15) is 62.1 Å². The molecule has 1 saturated heterocycles. The first kappa shape index (κ1) is 31.3. The fourth-order valence-electron chi connectivity index (χ4n) is 5.64. The van der Waals surface area contributed by atoms with Gasteiger partial charge in [-0.05, 0) is 67.2 Å². The van der Waals surface area contributed by atoms with Gasteiger partial charge in [0.1, 0.15) is 5.82 Å². The van der Waals surface area contributed by atoms with E-state index in [2.05, 4.69) is 58.5 Å². The molecule has 3 heterocycles. The third-order valence-corrected chi connectivity index (χ3v) is 15.0. The zero-order valence-electron chi connectivity index (χ0n) is 25.2. The zero-order chi connectivity index (χ0) is 31.7. The van der Waals surface area contributed by atoms with E-state index in [1.165, 1.54) is 29.5 Å². The topological polar surface area (TPSA) is 72.9 Å². The number of carbonyl (C=O) groups is 1. The number of rotatable bonds is 8. The quantitative estimate of drug-likeness (QED) is 0.245. The van der Waals surface area contributed by atoms with Crippen molar-refractivity contribution in [3.05, 3.63) is 69.4 Å². The second-order valence-electron chi connectivity index (χ2n) is 13.3. The van der Waals surface area contributed by atoms with Crippen LogP contribution < -0.4 is 14.8 Å². The molecular formula is C31H35ClF3N3O4SSi. The van der Waals surface area contributed by atoms with Gasteiger partial charge in [-0.15, -0.1) is 8.78 Å². The maximum atomic E-state index is 15.4. The molecular weight excluding hydrogens is 631 g/mol. The number of anilines is 1. The van der Waals surface area contributed by atoms with Crippen LogP contribution in [-0.2, 0) is 14.6 Å². The van der Waals surface area contributed by atoms with Gasteiger partial charge in [-0.3, -0.25) is 9.69 Å². The van der Waals surface area contributed by atoms with Gasteiger partial charge in [0.2, 0.25) is 5.91 Å². The lowest BCUT2D eigenvalue weighted by atomic mass is 9.94. The van der Waals surface area contributed by atoms with Crippen molar-refractivity contribution in [3.63, 3.8) is 0 Å². The van der Waals surface area contributed by atoms with Gasteiger partial charge in [0.25, 0.3) is 0 Å².